The van der Waals surface area contributed by atoms with E-state index in [-0.39, 0.29) is 5.91 Å². The van der Waals surface area contributed by atoms with Gasteiger partial charge in [0.15, 0.2) is 0 Å². The summed E-state index contributed by atoms with van der Waals surface area (Å²) < 4.78 is 0. The molecule has 1 heterocycles. The Bertz CT molecular complexity index is 272. The van der Waals surface area contributed by atoms with Crippen LogP contribution in [0.5, 0.6) is 0 Å². The van der Waals surface area contributed by atoms with Crippen molar-refractivity contribution in [2.24, 2.45) is 5.92 Å². The number of carbonyl (C=O) groups is 1. The topological polar surface area (TPSA) is 44.1 Å². The van der Waals surface area contributed by atoms with Gasteiger partial charge >= 0.3 is 0 Å². The smallest absolute Gasteiger partial charge is 0.240 e. The number of amides is 1. The molecule has 1 unspecified atom stereocenters. The molecule has 0 aromatic carbocycles. The van der Waals surface area contributed by atoms with Crippen LogP contribution in [0.3, 0.4) is 0 Å². The Morgan fingerprint density at radius 1 is 1.44 bits per heavy atom. The SMILES string of the molecule is CCCC(C#N)C(=O)N1[C@H](C)CCC[C@@H]1C. The molecule has 90 valence electrons. The van der Waals surface area contributed by atoms with Gasteiger partial charge in [-0.05, 0) is 39.5 Å². The van der Waals surface area contributed by atoms with Crippen LogP contribution in [0, 0.1) is 17.2 Å². The Morgan fingerprint density at radius 2 is 2.00 bits per heavy atom. The van der Waals surface area contributed by atoms with Gasteiger partial charge < -0.3 is 4.90 Å². The lowest BCUT2D eigenvalue weighted by molar-refractivity contribution is -0.140. The lowest BCUT2D eigenvalue weighted by atomic mass is 9.94. The van der Waals surface area contributed by atoms with E-state index in [9.17, 15) is 4.79 Å². The number of rotatable bonds is 3. The molecule has 1 aliphatic heterocycles. The Morgan fingerprint density at radius 3 is 2.44 bits per heavy atom. The van der Waals surface area contributed by atoms with E-state index in [1.54, 1.807) is 0 Å². The van der Waals surface area contributed by atoms with E-state index >= 15 is 0 Å². The molecule has 1 aliphatic rings. The van der Waals surface area contributed by atoms with Gasteiger partial charge in [0.1, 0.15) is 5.92 Å². The molecule has 0 radical (unpaired) electrons. The van der Waals surface area contributed by atoms with Gasteiger partial charge in [0, 0.05) is 12.1 Å². The molecule has 0 saturated carbocycles. The van der Waals surface area contributed by atoms with Crippen molar-refractivity contribution in [1.82, 2.24) is 4.90 Å². The number of hydrogen-bond donors (Lipinski definition) is 0. The van der Waals surface area contributed by atoms with Crippen molar-refractivity contribution in [2.75, 3.05) is 0 Å². The van der Waals surface area contributed by atoms with Crippen LogP contribution in [0.1, 0.15) is 52.9 Å². The Hall–Kier alpha value is -1.04. The van der Waals surface area contributed by atoms with E-state index in [1.807, 2.05) is 11.8 Å². The van der Waals surface area contributed by atoms with Crippen molar-refractivity contribution in [3.63, 3.8) is 0 Å². The molecule has 1 rings (SSSR count). The number of hydrogen-bond acceptors (Lipinski definition) is 2. The number of nitrogens with zero attached hydrogens (tertiary/aromatic N) is 2. The van der Waals surface area contributed by atoms with E-state index in [0.29, 0.717) is 18.5 Å². The summed E-state index contributed by atoms with van der Waals surface area (Å²) in [4.78, 5) is 14.2. The van der Waals surface area contributed by atoms with Gasteiger partial charge in [-0.3, -0.25) is 4.79 Å². The van der Waals surface area contributed by atoms with Crippen LogP contribution in [0.2, 0.25) is 0 Å². The van der Waals surface area contributed by atoms with E-state index < -0.39 is 5.92 Å². The summed E-state index contributed by atoms with van der Waals surface area (Å²) in [5, 5.41) is 9.03. The predicted octanol–water partition coefficient (Wildman–Crippen LogP) is 2.72. The van der Waals surface area contributed by atoms with Crippen molar-refractivity contribution < 1.29 is 4.79 Å². The van der Waals surface area contributed by atoms with Gasteiger partial charge in [0.05, 0.1) is 6.07 Å². The molecule has 1 fully saturated rings. The monoisotopic (exact) mass is 222 g/mol. The molecule has 16 heavy (non-hydrogen) atoms. The number of likely N-dealkylation sites (tertiary alicyclic amines) is 1. The molecule has 0 aromatic heterocycles. The second-order valence-corrected chi connectivity index (χ2v) is 4.84. The van der Waals surface area contributed by atoms with Gasteiger partial charge in [-0.2, -0.15) is 5.26 Å². The quantitative estimate of drug-likeness (QED) is 0.737. The normalized spacial score (nSPS) is 27.2. The van der Waals surface area contributed by atoms with E-state index in [4.69, 9.17) is 5.26 Å². The summed E-state index contributed by atoms with van der Waals surface area (Å²) in [5.41, 5.74) is 0. The highest BCUT2D eigenvalue weighted by atomic mass is 16.2. The van der Waals surface area contributed by atoms with Crippen LogP contribution >= 0.6 is 0 Å². The fraction of sp³-hybridized carbons (Fsp3) is 0.846. The molecule has 0 bridgehead atoms. The van der Waals surface area contributed by atoms with Gasteiger partial charge in [-0.15, -0.1) is 0 Å². The third kappa shape index (κ3) is 2.75. The Kier molecular flexibility index (Phi) is 4.79. The maximum absolute atomic E-state index is 12.2. The highest BCUT2D eigenvalue weighted by Crippen LogP contribution is 2.25. The molecule has 0 aromatic rings. The highest BCUT2D eigenvalue weighted by Gasteiger charge is 2.32. The van der Waals surface area contributed by atoms with E-state index in [0.717, 1.165) is 19.3 Å². The second kappa shape index (κ2) is 5.89. The van der Waals surface area contributed by atoms with Gasteiger partial charge in [-0.1, -0.05) is 13.3 Å². The minimum Gasteiger partial charge on any atom is -0.336 e. The first-order valence-corrected chi connectivity index (χ1v) is 6.33. The fourth-order valence-corrected chi connectivity index (χ4v) is 2.57. The molecule has 3 heteroatoms. The molecule has 0 N–H and O–H groups in total. The molecule has 1 amide bonds. The highest BCUT2D eigenvalue weighted by molar-refractivity contribution is 5.81. The molecular weight excluding hydrogens is 200 g/mol. The van der Waals surface area contributed by atoms with Crippen LogP contribution < -0.4 is 0 Å². The van der Waals surface area contributed by atoms with Gasteiger partial charge in [0.25, 0.3) is 0 Å². The van der Waals surface area contributed by atoms with Crippen LogP contribution in [0.4, 0.5) is 0 Å². The van der Waals surface area contributed by atoms with Crippen molar-refractivity contribution in [1.29, 1.82) is 5.26 Å². The number of carbonyl (C=O) groups excluding carboxylic acids is 1. The van der Waals surface area contributed by atoms with Crippen molar-refractivity contribution in [3.8, 4) is 6.07 Å². The molecule has 1 saturated heterocycles. The molecule has 3 nitrogen and oxygen atoms in total. The second-order valence-electron chi connectivity index (χ2n) is 4.84. The fourth-order valence-electron chi connectivity index (χ4n) is 2.57. The molecular formula is C13H22N2O. The average Bonchev–Trinajstić information content (AvgIpc) is 2.25. The Labute approximate surface area is 98.4 Å². The zero-order valence-corrected chi connectivity index (χ0v) is 10.6. The Balaban J connectivity index is 2.73. The predicted molar refractivity (Wildman–Crippen MR) is 63.6 cm³/mol. The molecule has 0 spiro atoms. The summed E-state index contributed by atoms with van der Waals surface area (Å²) >= 11 is 0. The van der Waals surface area contributed by atoms with Crippen molar-refractivity contribution in [3.05, 3.63) is 0 Å². The number of piperidine rings is 1. The summed E-state index contributed by atoms with van der Waals surface area (Å²) in [6.07, 6.45) is 4.91. The summed E-state index contributed by atoms with van der Waals surface area (Å²) in [6, 6.07) is 2.74. The summed E-state index contributed by atoms with van der Waals surface area (Å²) in [7, 11) is 0. The zero-order valence-electron chi connectivity index (χ0n) is 10.6. The standard InChI is InChI=1S/C13H22N2O/c1-4-6-12(9-14)13(16)15-10(2)7-5-8-11(15)3/h10-12H,4-8H2,1-3H3/t10-,11+,12?. The largest absolute Gasteiger partial charge is 0.336 e. The first kappa shape index (κ1) is 13.0. The summed E-state index contributed by atoms with van der Waals surface area (Å²) in [5.74, 6) is -0.392. The third-order valence-electron chi connectivity index (χ3n) is 3.48. The first-order valence-electron chi connectivity index (χ1n) is 6.33. The van der Waals surface area contributed by atoms with Crippen LogP contribution in [-0.2, 0) is 4.79 Å². The first-order chi connectivity index (χ1) is 7.61. The lowest BCUT2D eigenvalue weighted by Crippen LogP contribution is -2.49. The molecule has 0 aliphatic carbocycles. The van der Waals surface area contributed by atoms with E-state index in [2.05, 4.69) is 19.9 Å². The number of nitriles is 1. The minimum absolute atomic E-state index is 0.0454. The lowest BCUT2D eigenvalue weighted by Gasteiger charge is -2.40. The van der Waals surface area contributed by atoms with Crippen LogP contribution in [0.15, 0.2) is 0 Å². The molecule has 3 atom stereocenters. The maximum Gasteiger partial charge on any atom is 0.240 e. The van der Waals surface area contributed by atoms with E-state index in [1.165, 1.54) is 6.42 Å². The average molecular weight is 222 g/mol. The maximum atomic E-state index is 12.2. The van der Waals surface area contributed by atoms with Gasteiger partial charge in [0.2, 0.25) is 5.91 Å². The third-order valence-corrected chi connectivity index (χ3v) is 3.48. The van der Waals surface area contributed by atoms with Crippen LogP contribution in [-0.4, -0.2) is 22.9 Å². The summed E-state index contributed by atoms with van der Waals surface area (Å²) in [6.45, 7) is 6.20. The minimum atomic E-state index is -0.437. The van der Waals surface area contributed by atoms with Crippen LogP contribution in [0.25, 0.3) is 0 Å². The van der Waals surface area contributed by atoms with Crippen molar-refractivity contribution >= 4 is 5.91 Å². The zero-order chi connectivity index (χ0) is 12.1. The van der Waals surface area contributed by atoms with Crippen molar-refractivity contribution in [2.45, 2.75) is 65.0 Å². The van der Waals surface area contributed by atoms with Gasteiger partial charge in [-0.25, -0.2) is 0 Å².